The molecule has 2 aliphatic carbocycles. The molecule has 1 aromatic carbocycles. The maximum absolute atomic E-state index is 13.1. The van der Waals surface area contributed by atoms with Crippen LogP contribution in [0.4, 0.5) is 0 Å². The van der Waals surface area contributed by atoms with Crippen molar-refractivity contribution in [3.63, 3.8) is 0 Å². The van der Waals surface area contributed by atoms with Crippen molar-refractivity contribution in [2.45, 2.75) is 57.5 Å². The van der Waals surface area contributed by atoms with Crippen molar-refractivity contribution in [2.75, 3.05) is 20.8 Å². The first-order valence-electron chi connectivity index (χ1n) is 10.4. The number of amides is 2. The molecule has 3 aliphatic rings. The van der Waals surface area contributed by atoms with Crippen LogP contribution in [-0.2, 0) is 22.6 Å². The first-order valence-corrected chi connectivity index (χ1v) is 10.4. The van der Waals surface area contributed by atoms with E-state index in [4.69, 9.17) is 9.47 Å². The largest absolute Gasteiger partial charge is 0.493 e. The van der Waals surface area contributed by atoms with E-state index in [9.17, 15) is 9.59 Å². The fraction of sp³-hybridized carbons (Fsp3) is 0.636. The lowest BCUT2D eigenvalue weighted by atomic mass is 9.80. The normalized spacial score (nSPS) is 24.3. The van der Waals surface area contributed by atoms with Gasteiger partial charge in [-0.25, -0.2) is 0 Å². The molecule has 0 radical (unpaired) electrons. The van der Waals surface area contributed by atoms with E-state index in [1.54, 1.807) is 14.2 Å². The molecular weight excluding hydrogens is 356 g/mol. The summed E-state index contributed by atoms with van der Waals surface area (Å²) >= 11 is 0. The van der Waals surface area contributed by atoms with Gasteiger partial charge < -0.3 is 19.7 Å². The third kappa shape index (κ3) is 3.96. The van der Waals surface area contributed by atoms with Crippen LogP contribution in [0.15, 0.2) is 12.1 Å². The number of ether oxygens (including phenoxy) is 2. The minimum atomic E-state index is 0.0478. The number of fused-ring (bicyclic) bond motifs is 1. The highest BCUT2D eigenvalue weighted by atomic mass is 16.5. The second kappa shape index (κ2) is 8.02. The summed E-state index contributed by atoms with van der Waals surface area (Å²) in [6.07, 6.45) is 6.35. The van der Waals surface area contributed by atoms with Crippen LogP contribution in [0.25, 0.3) is 0 Å². The van der Waals surface area contributed by atoms with Gasteiger partial charge in [0.1, 0.15) is 0 Å². The molecule has 0 aromatic heterocycles. The van der Waals surface area contributed by atoms with Gasteiger partial charge in [0.15, 0.2) is 11.5 Å². The Morgan fingerprint density at radius 2 is 1.54 bits per heavy atom. The lowest BCUT2D eigenvalue weighted by Gasteiger charge is -2.34. The Morgan fingerprint density at radius 3 is 2.14 bits per heavy atom. The Hall–Kier alpha value is -2.24. The van der Waals surface area contributed by atoms with Gasteiger partial charge in [0.2, 0.25) is 11.8 Å². The van der Waals surface area contributed by atoms with Crippen molar-refractivity contribution in [3.05, 3.63) is 23.3 Å². The Bertz CT molecular complexity index is 751. The minimum absolute atomic E-state index is 0.0478. The molecular formula is C22H30N2O4. The van der Waals surface area contributed by atoms with Crippen LogP contribution in [-0.4, -0.2) is 43.5 Å². The quantitative estimate of drug-likeness (QED) is 0.845. The molecule has 1 aliphatic heterocycles. The first kappa shape index (κ1) is 19.1. The van der Waals surface area contributed by atoms with Crippen molar-refractivity contribution in [3.8, 4) is 11.5 Å². The zero-order chi connectivity index (χ0) is 19.7. The fourth-order valence-corrected chi connectivity index (χ4v) is 4.48. The molecule has 2 amide bonds. The molecule has 0 unspecified atom stereocenters. The van der Waals surface area contributed by atoms with E-state index >= 15 is 0 Å². The summed E-state index contributed by atoms with van der Waals surface area (Å²) in [6, 6.07) is 4.43. The Kier molecular flexibility index (Phi) is 5.47. The monoisotopic (exact) mass is 386 g/mol. The van der Waals surface area contributed by atoms with Crippen LogP contribution in [0.1, 0.15) is 49.7 Å². The number of rotatable bonds is 5. The van der Waals surface area contributed by atoms with Gasteiger partial charge in [0, 0.05) is 31.0 Å². The molecule has 152 valence electrons. The number of hydrogen-bond acceptors (Lipinski definition) is 4. The Morgan fingerprint density at radius 1 is 0.929 bits per heavy atom. The Labute approximate surface area is 166 Å². The van der Waals surface area contributed by atoms with Crippen molar-refractivity contribution in [1.82, 2.24) is 10.2 Å². The number of methoxy groups -OCH3 is 2. The summed E-state index contributed by atoms with van der Waals surface area (Å²) in [5, 5.41) is 3.11. The number of carbonyl (C=O) groups is 2. The van der Waals surface area contributed by atoms with Gasteiger partial charge in [-0.05, 0) is 68.2 Å². The molecule has 4 rings (SSSR count). The lowest BCUT2D eigenvalue weighted by Crippen LogP contribution is -2.42. The van der Waals surface area contributed by atoms with E-state index in [1.165, 1.54) is 5.56 Å². The van der Waals surface area contributed by atoms with Crippen LogP contribution < -0.4 is 14.8 Å². The maximum atomic E-state index is 13.1. The Balaban J connectivity index is 1.35. The molecule has 6 nitrogen and oxygen atoms in total. The van der Waals surface area contributed by atoms with Crippen molar-refractivity contribution in [1.29, 1.82) is 0 Å². The minimum Gasteiger partial charge on any atom is -0.493 e. The second-order valence-electron chi connectivity index (χ2n) is 8.32. The van der Waals surface area contributed by atoms with E-state index in [-0.39, 0.29) is 23.7 Å². The van der Waals surface area contributed by atoms with Crippen LogP contribution in [0.5, 0.6) is 11.5 Å². The summed E-state index contributed by atoms with van der Waals surface area (Å²) in [4.78, 5) is 27.3. The number of nitrogens with zero attached hydrogens (tertiary/aromatic N) is 1. The van der Waals surface area contributed by atoms with Crippen LogP contribution in [0.2, 0.25) is 0 Å². The van der Waals surface area contributed by atoms with Gasteiger partial charge in [0.05, 0.1) is 14.2 Å². The molecule has 2 saturated carbocycles. The molecule has 2 fully saturated rings. The standard InChI is InChI=1S/C22H30N2O4/c1-27-19-11-16-9-10-24(13-17(16)12-20(19)28-2)22(26)15-5-3-14(4-6-15)21(25)23-18-7-8-18/h11-12,14-15,18H,3-10,13H2,1-2H3,(H,23,25). The van der Waals surface area contributed by atoms with Gasteiger partial charge in [-0.3, -0.25) is 9.59 Å². The summed E-state index contributed by atoms with van der Waals surface area (Å²) in [7, 11) is 3.28. The average Bonchev–Trinajstić information content (AvgIpc) is 3.55. The highest BCUT2D eigenvalue weighted by Gasteiger charge is 2.35. The first-order chi connectivity index (χ1) is 13.6. The topological polar surface area (TPSA) is 67.9 Å². The predicted molar refractivity (Wildman–Crippen MR) is 105 cm³/mol. The van der Waals surface area contributed by atoms with Crippen LogP contribution >= 0.6 is 0 Å². The average molecular weight is 386 g/mol. The zero-order valence-electron chi connectivity index (χ0n) is 16.8. The summed E-state index contributed by atoms with van der Waals surface area (Å²) < 4.78 is 10.8. The molecule has 0 atom stereocenters. The number of carbonyl (C=O) groups excluding carboxylic acids is 2. The summed E-state index contributed by atoms with van der Waals surface area (Å²) in [5.41, 5.74) is 2.36. The molecule has 0 saturated heterocycles. The SMILES string of the molecule is COc1cc2c(cc1OC)CN(C(=O)C1CCC(C(=O)NC3CC3)CC1)CC2. The van der Waals surface area contributed by atoms with Crippen LogP contribution in [0, 0.1) is 11.8 Å². The highest BCUT2D eigenvalue weighted by molar-refractivity contribution is 5.81. The third-order valence-electron chi connectivity index (χ3n) is 6.40. The van der Waals surface area contributed by atoms with Crippen molar-refractivity contribution >= 4 is 11.8 Å². The second-order valence-corrected chi connectivity index (χ2v) is 8.32. The van der Waals surface area contributed by atoms with Crippen molar-refractivity contribution < 1.29 is 19.1 Å². The summed E-state index contributed by atoms with van der Waals surface area (Å²) in [6.45, 7) is 1.36. The summed E-state index contributed by atoms with van der Waals surface area (Å²) in [5.74, 6) is 2.01. The third-order valence-corrected chi connectivity index (χ3v) is 6.40. The van der Waals surface area contributed by atoms with E-state index in [1.807, 2.05) is 17.0 Å². The van der Waals surface area contributed by atoms with E-state index < -0.39 is 0 Å². The molecule has 1 N–H and O–H groups in total. The van der Waals surface area contributed by atoms with Gasteiger partial charge in [0.25, 0.3) is 0 Å². The zero-order valence-corrected chi connectivity index (χ0v) is 16.8. The van der Waals surface area contributed by atoms with Crippen LogP contribution in [0.3, 0.4) is 0 Å². The van der Waals surface area contributed by atoms with E-state index in [2.05, 4.69) is 5.32 Å². The molecule has 6 heteroatoms. The smallest absolute Gasteiger partial charge is 0.225 e. The number of hydrogen-bond donors (Lipinski definition) is 1. The van der Waals surface area contributed by atoms with Crippen molar-refractivity contribution in [2.24, 2.45) is 11.8 Å². The van der Waals surface area contributed by atoms with Gasteiger partial charge in [-0.1, -0.05) is 0 Å². The van der Waals surface area contributed by atoms with Gasteiger partial charge >= 0.3 is 0 Å². The number of nitrogens with one attached hydrogen (secondary N) is 1. The van der Waals surface area contributed by atoms with Gasteiger partial charge in [-0.15, -0.1) is 0 Å². The predicted octanol–water partition coefficient (Wildman–Crippen LogP) is 2.67. The highest BCUT2D eigenvalue weighted by Crippen LogP contribution is 2.35. The lowest BCUT2D eigenvalue weighted by molar-refractivity contribution is -0.139. The molecule has 0 bridgehead atoms. The number of benzene rings is 1. The van der Waals surface area contributed by atoms with Gasteiger partial charge in [-0.2, -0.15) is 0 Å². The van der Waals surface area contributed by atoms with E-state index in [0.717, 1.165) is 62.8 Å². The molecule has 1 aromatic rings. The molecule has 28 heavy (non-hydrogen) atoms. The molecule has 1 heterocycles. The maximum Gasteiger partial charge on any atom is 0.225 e. The molecule has 0 spiro atoms. The van der Waals surface area contributed by atoms with E-state index in [0.29, 0.717) is 18.3 Å². The fourth-order valence-electron chi connectivity index (χ4n) is 4.48.